The molecule has 3 rings (SSSR count). The van der Waals surface area contributed by atoms with Gasteiger partial charge in [-0.1, -0.05) is 11.2 Å². The predicted molar refractivity (Wildman–Crippen MR) is 115 cm³/mol. The Balaban J connectivity index is 2.17. The van der Waals surface area contributed by atoms with Crippen molar-refractivity contribution in [3.63, 3.8) is 0 Å². The van der Waals surface area contributed by atoms with Gasteiger partial charge in [0.15, 0.2) is 8.61 Å². The quantitative estimate of drug-likeness (QED) is 0.538. The number of hydrogen-bond donors (Lipinski definition) is 2. The molecule has 1 aromatic carbocycles. The van der Waals surface area contributed by atoms with E-state index in [1.165, 1.54) is 26.2 Å². The fourth-order valence-corrected chi connectivity index (χ4v) is 4.83. The number of thiophene rings is 1. The molecule has 10 heteroatoms. The Bertz CT molecular complexity index is 1530. The number of nitrogens with zero attached hydrogens (tertiary/aromatic N) is 1. The number of nitrogens with one attached hydrogen (secondary N) is 2. The van der Waals surface area contributed by atoms with Gasteiger partial charge in [-0.15, -0.1) is 11.3 Å². The van der Waals surface area contributed by atoms with Crippen LogP contribution in [0.4, 0.5) is 11.6 Å². The molecule has 0 aliphatic heterocycles. The maximum atomic E-state index is 13.4. The summed E-state index contributed by atoms with van der Waals surface area (Å²) < 4.78 is 86.9. The molecule has 8 nitrogen and oxygen atoms in total. The molecule has 3 aromatic rings. The lowest BCUT2D eigenvalue weighted by molar-refractivity contribution is 0.101. The number of ketones is 1. The summed E-state index contributed by atoms with van der Waals surface area (Å²) in [6, 6.07) is 0.118. The molecule has 0 spiro atoms. The van der Waals surface area contributed by atoms with Crippen LogP contribution in [0.3, 0.4) is 0 Å². The highest BCUT2D eigenvalue weighted by Gasteiger charge is 2.27. The van der Waals surface area contributed by atoms with Crippen LogP contribution >= 0.6 is 11.3 Å². The third kappa shape index (κ3) is 4.14. The molecule has 0 saturated heterocycles. The average Bonchev–Trinajstić information content (AvgIpc) is 3.45. The molecule has 0 unspecified atom stereocenters. The van der Waals surface area contributed by atoms with Gasteiger partial charge in [-0.2, -0.15) is 0 Å². The van der Waals surface area contributed by atoms with E-state index in [-0.39, 0.29) is 32.8 Å². The number of benzene rings is 1. The van der Waals surface area contributed by atoms with Crippen LogP contribution < -0.4 is 10.0 Å². The molecular formula is C20H21N3O5S2. The lowest BCUT2D eigenvalue weighted by Gasteiger charge is -2.14. The molecule has 0 aliphatic carbocycles. The zero-order valence-electron chi connectivity index (χ0n) is 23.4. The van der Waals surface area contributed by atoms with E-state index in [4.69, 9.17) is 14.2 Å². The van der Waals surface area contributed by atoms with Gasteiger partial charge in [0.1, 0.15) is 9.77 Å². The van der Waals surface area contributed by atoms with E-state index in [1.54, 1.807) is 6.92 Å². The second kappa shape index (κ2) is 8.04. The second-order valence-corrected chi connectivity index (χ2v) is 8.84. The lowest BCUT2D eigenvalue weighted by Crippen LogP contribution is -2.20. The summed E-state index contributed by atoms with van der Waals surface area (Å²) in [5.41, 5.74) is -0.909. The van der Waals surface area contributed by atoms with Crippen molar-refractivity contribution in [2.45, 2.75) is 39.4 Å². The van der Waals surface area contributed by atoms with Crippen LogP contribution in [0.15, 0.2) is 32.9 Å². The van der Waals surface area contributed by atoms with Gasteiger partial charge in [0.05, 0.1) is 14.1 Å². The number of carbonyl (C=O) groups excluding carboxylic acids is 2. The lowest BCUT2D eigenvalue weighted by atomic mass is 10.0. The second-order valence-electron chi connectivity index (χ2n) is 6.35. The molecular weight excluding hydrogens is 426 g/mol. The minimum atomic E-state index is -4.72. The van der Waals surface area contributed by atoms with Gasteiger partial charge >= 0.3 is 0 Å². The van der Waals surface area contributed by atoms with Crippen LogP contribution in [0.5, 0.6) is 0 Å². The number of amides is 1. The summed E-state index contributed by atoms with van der Waals surface area (Å²) in [6.45, 7) is 2.43. The maximum Gasteiger partial charge on any atom is 0.267 e. The number of hydrogen-bond acceptors (Lipinski definition) is 7. The van der Waals surface area contributed by atoms with Crippen molar-refractivity contribution in [3.05, 3.63) is 56.4 Å². The predicted octanol–water partition coefficient (Wildman–Crippen LogP) is 4.23. The van der Waals surface area contributed by atoms with Gasteiger partial charge < -0.3 is 9.83 Å². The number of aromatic nitrogens is 1. The Morgan fingerprint density at radius 2 is 2.00 bits per heavy atom. The number of anilines is 2. The zero-order valence-corrected chi connectivity index (χ0v) is 18.0. The summed E-state index contributed by atoms with van der Waals surface area (Å²) in [5.74, 6) is -3.18. The molecule has 2 heterocycles. The molecule has 158 valence electrons. The van der Waals surface area contributed by atoms with Crippen molar-refractivity contribution in [2.24, 2.45) is 0 Å². The van der Waals surface area contributed by atoms with Crippen molar-refractivity contribution in [1.82, 2.24) is 5.16 Å². The van der Waals surface area contributed by atoms with Crippen LogP contribution in [0, 0.1) is 27.7 Å². The third-order valence-corrected chi connectivity index (χ3v) is 6.49. The summed E-state index contributed by atoms with van der Waals surface area (Å²) in [4.78, 5) is 25.0. The first-order valence-corrected chi connectivity index (χ1v) is 10.8. The van der Waals surface area contributed by atoms with E-state index in [0.717, 1.165) is 6.07 Å². The fourth-order valence-electron chi connectivity index (χ4n) is 2.57. The molecule has 0 atom stereocenters. The molecule has 0 aliphatic rings. The normalized spacial score (nSPS) is 15.1. The summed E-state index contributed by atoms with van der Waals surface area (Å²) >= 11 is 0.630. The Kier molecular flexibility index (Phi) is 3.78. The molecule has 0 bridgehead atoms. The summed E-state index contributed by atoms with van der Waals surface area (Å²) in [6.07, 6.45) is 0. The number of carbonyl (C=O) groups is 2. The van der Waals surface area contributed by atoms with Crippen molar-refractivity contribution >= 4 is 44.6 Å². The highest BCUT2D eigenvalue weighted by atomic mass is 32.2. The van der Waals surface area contributed by atoms with Crippen molar-refractivity contribution in [3.8, 4) is 0 Å². The fraction of sp³-hybridized carbons (Fsp3) is 0.250. The Morgan fingerprint density at radius 1 is 1.27 bits per heavy atom. The van der Waals surface area contributed by atoms with Gasteiger partial charge in [0, 0.05) is 15.2 Å². The number of sulfonamides is 1. The standard InChI is InChI=1S/C20H21N3O5S2/c1-10-8-11(2)17(15(9-10)14(5)24)21-19(25)18-16(6-7-29-18)30(26,27)23-20-12(3)13(4)22-28-20/h6-9,23H,1-5H3,(H,21,25)/i5D3,8D,9D/hD2. The smallest absolute Gasteiger partial charge is 0.267 e. The minimum absolute atomic E-state index is 0.0309. The van der Waals surface area contributed by atoms with Gasteiger partial charge in [-0.3, -0.25) is 9.59 Å². The van der Waals surface area contributed by atoms with Crippen molar-refractivity contribution < 1.29 is 32.2 Å². The van der Waals surface area contributed by atoms with Crippen LogP contribution in [-0.2, 0) is 10.0 Å². The van der Waals surface area contributed by atoms with E-state index in [2.05, 4.69) is 5.16 Å². The van der Waals surface area contributed by atoms with E-state index in [1.807, 2.05) is 0 Å². The van der Waals surface area contributed by atoms with Gasteiger partial charge in [0.2, 0.25) is 5.88 Å². The van der Waals surface area contributed by atoms with Crippen LogP contribution in [-0.4, -0.2) is 25.3 Å². The highest BCUT2D eigenvalue weighted by Crippen LogP contribution is 2.29. The SMILES string of the molecule is [2H]c1c(C)c([2H])c(C(=O)C([2H])([2H])[2H])c(N([2H])C(=O)c2sccc2S(=O)(=O)N([2H])c2onc(C)c2C)c1C. The molecule has 0 fully saturated rings. The Labute approximate surface area is 188 Å². The molecule has 30 heavy (non-hydrogen) atoms. The van der Waals surface area contributed by atoms with Crippen LogP contribution in [0.1, 0.15) is 56.1 Å². The Morgan fingerprint density at radius 3 is 2.63 bits per heavy atom. The summed E-state index contributed by atoms with van der Waals surface area (Å²) in [5, 5.41) is 4.96. The first-order chi connectivity index (χ1) is 16.9. The monoisotopic (exact) mass is 454 g/mol. The molecule has 0 radical (unpaired) electrons. The van der Waals surface area contributed by atoms with Crippen LogP contribution in [0.2, 0.25) is 2.82 Å². The van der Waals surface area contributed by atoms with Crippen LogP contribution in [0.25, 0.3) is 0 Å². The Hall–Kier alpha value is -2.98. The summed E-state index contributed by atoms with van der Waals surface area (Å²) in [7, 11) is -4.72. The van der Waals surface area contributed by atoms with E-state index in [9.17, 15) is 18.0 Å². The van der Waals surface area contributed by atoms with Crippen molar-refractivity contribution in [1.29, 1.82) is 0 Å². The number of rotatable bonds is 6. The van der Waals surface area contributed by atoms with E-state index in [0.29, 0.717) is 17.0 Å². The van der Waals surface area contributed by atoms with Crippen molar-refractivity contribution in [2.75, 3.05) is 10.0 Å². The third-order valence-electron chi connectivity index (χ3n) is 4.16. The highest BCUT2D eigenvalue weighted by molar-refractivity contribution is 7.93. The molecule has 2 N–H and O–H groups in total. The van der Waals surface area contributed by atoms with Gasteiger partial charge in [0.25, 0.3) is 15.9 Å². The molecule has 1 amide bonds. The van der Waals surface area contributed by atoms with Gasteiger partial charge in [-0.05, 0) is 63.2 Å². The number of Topliss-reactive ketones (excluding diaryl/α,β-unsaturated/α-hetero) is 1. The first kappa shape index (κ1) is 14.1. The maximum absolute atomic E-state index is 13.4. The minimum Gasteiger partial charge on any atom is -0.337 e. The first-order valence-electron chi connectivity index (χ1n) is 11.9. The molecule has 0 saturated carbocycles. The largest absolute Gasteiger partial charge is 0.337 e. The molecule has 2 aromatic heterocycles. The van der Waals surface area contributed by atoms with E-state index >= 15 is 0 Å². The van der Waals surface area contributed by atoms with Gasteiger partial charge in [-0.25, -0.2) is 13.1 Å². The average molecular weight is 455 g/mol. The number of aryl methyl sites for hydroxylation is 1. The van der Waals surface area contributed by atoms with E-state index < -0.39 is 61.5 Å². The topological polar surface area (TPSA) is 118 Å². The zero-order chi connectivity index (χ0) is 28.2.